The van der Waals surface area contributed by atoms with Crippen molar-refractivity contribution in [2.24, 2.45) is 0 Å². The molecule has 0 radical (unpaired) electrons. The minimum absolute atomic E-state index is 0.159. The average molecular weight is 288 g/mol. The fourth-order valence-corrected chi connectivity index (χ4v) is 2.60. The van der Waals surface area contributed by atoms with E-state index in [1.54, 1.807) is 0 Å². The second kappa shape index (κ2) is 6.90. The van der Waals surface area contributed by atoms with Crippen LogP contribution in [-0.2, 0) is 20.9 Å². The Labute approximate surface area is 127 Å². The van der Waals surface area contributed by atoms with Crippen LogP contribution in [-0.4, -0.2) is 17.7 Å². The van der Waals surface area contributed by atoms with Gasteiger partial charge in [-0.3, -0.25) is 4.79 Å². The van der Waals surface area contributed by atoms with Gasteiger partial charge in [-0.25, -0.2) is 0 Å². The smallest absolute Gasteiger partial charge is 0.309 e. The molecule has 3 nitrogen and oxygen atoms in total. The lowest BCUT2D eigenvalue weighted by molar-refractivity contribution is -0.151. The zero-order valence-electron chi connectivity index (χ0n) is 13.1. The molecule has 1 aliphatic heterocycles. The van der Waals surface area contributed by atoms with E-state index in [4.69, 9.17) is 9.47 Å². The number of cyclic esters (lactones) is 1. The molecular formula is C18H24O3. The number of carbonyl (C=O) groups excluding carboxylic acids is 1. The number of hydrogen-bond acceptors (Lipinski definition) is 3. The molecule has 0 N–H and O–H groups in total. The normalized spacial score (nSPS) is 24.7. The third kappa shape index (κ3) is 4.43. The summed E-state index contributed by atoms with van der Waals surface area (Å²) in [5.74, 6) is -0.159. The first-order valence-corrected chi connectivity index (χ1v) is 7.50. The Balaban J connectivity index is 1.95. The van der Waals surface area contributed by atoms with Gasteiger partial charge in [-0.15, -0.1) is 0 Å². The van der Waals surface area contributed by atoms with E-state index in [1.165, 1.54) is 5.57 Å². The van der Waals surface area contributed by atoms with Crippen LogP contribution >= 0.6 is 0 Å². The molecule has 0 amide bonds. The standard InChI is InChI=1S/C18H24O3/c1-14(2)8-7-11-18(3)16(12-17(19)21-18)20-13-15-9-5-4-6-10-15/h4-6,8-10,16H,7,11-13H2,1-3H3/t16-,18-/m0/s1. The number of hydrogen-bond donors (Lipinski definition) is 0. The number of allylic oxidation sites excluding steroid dienone is 2. The van der Waals surface area contributed by atoms with Gasteiger partial charge in [0.1, 0.15) is 11.7 Å². The van der Waals surface area contributed by atoms with E-state index in [9.17, 15) is 4.79 Å². The highest BCUT2D eigenvalue weighted by atomic mass is 16.6. The number of esters is 1. The van der Waals surface area contributed by atoms with Gasteiger partial charge in [0.2, 0.25) is 0 Å². The van der Waals surface area contributed by atoms with E-state index >= 15 is 0 Å². The molecule has 0 bridgehead atoms. The highest BCUT2D eigenvalue weighted by Crippen LogP contribution is 2.34. The van der Waals surface area contributed by atoms with Gasteiger partial charge in [0.05, 0.1) is 13.0 Å². The number of ether oxygens (including phenoxy) is 2. The van der Waals surface area contributed by atoms with Gasteiger partial charge in [0.15, 0.2) is 0 Å². The van der Waals surface area contributed by atoms with Gasteiger partial charge in [-0.1, -0.05) is 42.0 Å². The fourth-order valence-electron chi connectivity index (χ4n) is 2.60. The quantitative estimate of drug-likeness (QED) is 0.586. The summed E-state index contributed by atoms with van der Waals surface area (Å²) in [7, 11) is 0. The van der Waals surface area contributed by atoms with E-state index in [-0.39, 0.29) is 12.1 Å². The maximum absolute atomic E-state index is 11.7. The lowest BCUT2D eigenvalue weighted by Gasteiger charge is -2.29. The second-order valence-electron chi connectivity index (χ2n) is 6.10. The van der Waals surface area contributed by atoms with E-state index < -0.39 is 5.60 Å². The first kappa shape index (κ1) is 15.8. The van der Waals surface area contributed by atoms with E-state index in [0.717, 1.165) is 18.4 Å². The molecule has 1 fully saturated rings. The summed E-state index contributed by atoms with van der Waals surface area (Å²) in [6.07, 6.45) is 4.04. The lowest BCUT2D eigenvalue weighted by Crippen LogP contribution is -2.37. The van der Waals surface area contributed by atoms with Crippen LogP contribution in [0.25, 0.3) is 0 Å². The molecule has 1 saturated heterocycles. The molecule has 1 aliphatic rings. The van der Waals surface area contributed by atoms with Crippen molar-refractivity contribution in [2.75, 3.05) is 0 Å². The minimum atomic E-state index is -0.516. The Hall–Kier alpha value is -1.61. The van der Waals surface area contributed by atoms with Crippen LogP contribution in [0.5, 0.6) is 0 Å². The Kier molecular flexibility index (Phi) is 5.18. The van der Waals surface area contributed by atoms with E-state index in [1.807, 2.05) is 37.3 Å². The molecule has 3 heteroatoms. The molecule has 2 atom stereocenters. The molecular weight excluding hydrogens is 264 g/mol. The predicted molar refractivity (Wildman–Crippen MR) is 82.8 cm³/mol. The van der Waals surface area contributed by atoms with Crippen LogP contribution in [0.15, 0.2) is 42.0 Å². The maximum atomic E-state index is 11.7. The monoisotopic (exact) mass is 288 g/mol. The molecule has 1 heterocycles. The predicted octanol–water partition coefficient (Wildman–Crippen LogP) is 4.02. The van der Waals surface area contributed by atoms with Crippen LogP contribution in [0.1, 0.15) is 45.6 Å². The molecule has 1 aromatic rings. The molecule has 0 aromatic heterocycles. The number of rotatable bonds is 6. The van der Waals surface area contributed by atoms with Crippen molar-refractivity contribution in [3.63, 3.8) is 0 Å². The number of carbonyl (C=O) groups is 1. The Morgan fingerprint density at radius 1 is 1.38 bits per heavy atom. The van der Waals surface area contributed by atoms with Crippen molar-refractivity contribution < 1.29 is 14.3 Å². The highest BCUT2D eigenvalue weighted by molar-refractivity contribution is 5.73. The zero-order valence-corrected chi connectivity index (χ0v) is 13.1. The maximum Gasteiger partial charge on any atom is 0.309 e. The van der Waals surface area contributed by atoms with Gasteiger partial charge in [0.25, 0.3) is 0 Å². The van der Waals surface area contributed by atoms with Gasteiger partial charge in [-0.2, -0.15) is 0 Å². The van der Waals surface area contributed by atoms with Crippen LogP contribution < -0.4 is 0 Å². The van der Waals surface area contributed by atoms with Crippen molar-refractivity contribution in [2.45, 2.75) is 58.3 Å². The summed E-state index contributed by atoms with van der Waals surface area (Å²) < 4.78 is 11.5. The molecule has 0 spiro atoms. The van der Waals surface area contributed by atoms with Gasteiger partial charge in [-0.05, 0) is 39.2 Å². The molecule has 0 aliphatic carbocycles. The summed E-state index contributed by atoms with van der Waals surface area (Å²) in [6.45, 7) is 6.64. The van der Waals surface area contributed by atoms with Crippen LogP contribution in [0.2, 0.25) is 0 Å². The molecule has 2 rings (SSSR count). The van der Waals surface area contributed by atoms with E-state index in [2.05, 4.69) is 19.9 Å². The highest BCUT2D eigenvalue weighted by Gasteiger charge is 2.45. The zero-order chi connectivity index (χ0) is 15.3. The van der Waals surface area contributed by atoms with Crippen LogP contribution in [0.4, 0.5) is 0 Å². The summed E-state index contributed by atoms with van der Waals surface area (Å²) in [4.78, 5) is 11.7. The Morgan fingerprint density at radius 2 is 2.10 bits per heavy atom. The summed E-state index contributed by atoms with van der Waals surface area (Å²) in [5.41, 5.74) is 1.88. The van der Waals surface area contributed by atoms with Gasteiger partial charge >= 0.3 is 5.97 Å². The van der Waals surface area contributed by atoms with Crippen LogP contribution in [0, 0.1) is 0 Å². The molecule has 0 unspecified atom stereocenters. The molecule has 0 saturated carbocycles. The average Bonchev–Trinajstić information content (AvgIpc) is 2.72. The second-order valence-corrected chi connectivity index (χ2v) is 6.10. The van der Waals surface area contributed by atoms with Crippen LogP contribution in [0.3, 0.4) is 0 Å². The van der Waals surface area contributed by atoms with Gasteiger partial charge < -0.3 is 9.47 Å². The van der Waals surface area contributed by atoms with Crippen molar-refractivity contribution in [3.8, 4) is 0 Å². The topological polar surface area (TPSA) is 35.5 Å². The van der Waals surface area contributed by atoms with E-state index in [0.29, 0.717) is 13.0 Å². The van der Waals surface area contributed by atoms with Crippen molar-refractivity contribution in [1.29, 1.82) is 0 Å². The summed E-state index contributed by atoms with van der Waals surface area (Å²) >= 11 is 0. The molecule has 21 heavy (non-hydrogen) atoms. The fraction of sp³-hybridized carbons (Fsp3) is 0.500. The van der Waals surface area contributed by atoms with Crippen molar-refractivity contribution in [3.05, 3.63) is 47.5 Å². The Bertz CT molecular complexity index is 502. The molecule has 114 valence electrons. The minimum Gasteiger partial charge on any atom is -0.456 e. The first-order valence-electron chi connectivity index (χ1n) is 7.50. The van der Waals surface area contributed by atoms with Gasteiger partial charge in [0, 0.05) is 0 Å². The number of benzene rings is 1. The SMILES string of the molecule is CC(C)=CCC[C@]1(C)OC(=O)C[C@@H]1OCc1ccccc1. The van der Waals surface area contributed by atoms with Crippen molar-refractivity contribution >= 4 is 5.97 Å². The van der Waals surface area contributed by atoms with Crippen molar-refractivity contribution in [1.82, 2.24) is 0 Å². The summed E-state index contributed by atoms with van der Waals surface area (Å²) in [6, 6.07) is 10.0. The summed E-state index contributed by atoms with van der Waals surface area (Å²) in [5, 5.41) is 0. The third-order valence-electron chi connectivity index (χ3n) is 3.87. The largest absolute Gasteiger partial charge is 0.456 e. The third-order valence-corrected chi connectivity index (χ3v) is 3.87. The molecule has 1 aromatic carbocycles. The first-order chi connectivity index (χ1) is 9.99. The Morgan fingerprint density at radius 3 is 2.76 bits per heavy atom. The lowest BCUT2D eigenvalue weighted by atomic mass is 9.93.